The Balaban J connectivity index is 2.01. The molecule has 4 rings (SSSR count). The van der Waals surface area contributed by atoms with Crippen LogP contribution in [0.3, 0.4) is 0 Å². The molecule has 10 heteroatoms. The van der Waals surface area contributed by atoms with Crippen molar-refractivity contribution >= 4 is 17.2 Å². The molecule has 1 aliphatic carbocycles. The number of Topliss-reactive ketones (excluding diaryl/α,β-unsaturated/α-hetero) is 1. The summed E-state index contributed by atoms with van der Waals surface area (Å²) in [6, 6.07) is 11.9. The van der Waals surface area contributed by atoms with Crippen molar-refractivity contribution in [3.8, 4) is 23.3 Å². The predicted octanol–water partition coefficient (Wildman–Crippen LogP) is 4.71. The van der Waals surface area contributed by atoms with E-state index in [1.165, 1.54) is 24.1 Å². The lowest BCUT2D eigenvalue weighted by atomic mass is 9.75. The Kier molecular flexibility index (Phi) is 7.34. The topological polar surface area (TPSA) is 141 Å². The lowest BCUT2D eigenvalue weighted by Crippen LogP contribution is -2.39. The van der Waals surface area contributed by atoms with Crippen molar-refractivity contribution in [2.75, 3.05) is 25.2 Å². The number of rotatable bonds is 8. The molecule has 0 saturated heterocycles. The van der Waals surface area contributed by atoms with Crippen LogP contribution in [-0.2, 0) is 4.79 Å². The second kappa shape index (κ2) is 10.6. The normalized spacial score (nSPS) is 17.3. The van der Waals surface area contributed by atoms with Gasteiger partial charge in [-0.15, -0.1) is 0 Å². The van der Waals surface area contributed by atoms with Gasteiger partial charge in [0.05, 0.1) is 48.9 Å². The molecule has 0 amide bonds. The summed E-state index contributed by atoms with van der Waals surface area (Å²) < 4.78 is 16.7. The fraction of sp³-hybridized carbons (Fsp3) is 0.333. The number of carbonyl (C=O) groups is 1. The lowest BCUT2D eigenvalue weighted by Gasteiger charge is -2.39. The highest BCUT2D eigenvalue weighted by molar-refractivity contribution is 6.01. The van der Waals surface area contributed by atoms with Crippen LogP contribution in [0.15, 0.2) is 59.1 Å². The summed E-state index contributed by atoms with van der Waals surface area (Å²) >= 11 is 0. The van der Waals surface area contributed by atoms with Crippen LogP contribution in [0, 0.1) is 21.4 Å². The number of hydrogen-bond acceptors (Lipinski definition) is 9. The zero-order chi connectivity index (χ0) is 26.7. The van der Waals surface area contributed by atoms with E-state index in [-0.39, 0.29) is 28.6 Å². The van der Waals surface area contributed by atoms with Gasteiger partial charge in [-0.1, -0.05) is 0 Å². The van der Waals surface area contributed by atoms with Crippen LogP contribution in [0.25, 0.3) is 0 Å². The molecule has 2 aliphatic rings. The van der Waals surface area contributed by atoms with Gasteiger partial charge in [-0.3, -0.25) is 19.8 Å². The maximum absolute atomic E-state index is 13.5. The Labute approximate surface area is 214 Å². The highest BCUT2D eigenvalue weighted by Crippen LogP contribution is 2.50. The third kappa shape index (κ3) is 4.56. The van der Waals surface area contributed by atoms with E-state index < -0.39 is 10.8 Å². The number of ether oxygens (including phenoxy) is 3. The number of nitro groups is 1. The first-order chi connectivity index (χ1) is 17.9. The van der Waals surface area contributed by atoms with Crippen molar-refractivity contribution in [2.24, 2.45) is 5.73 Å². The summed E-state index contributed by atoms with van der Waals surface area (Å²) in [4.78, 5) is 26.4. The predicted molar refractivity (Wildman–Crippen MR) is 136 cm³/mol. The molecule has 0 saturated carbocycles. The zero-order valence-corrected chi connectivity index (χ0v) is 20.9. The van der Waals surface area contributed by atoms with Crippen LogP contribution in [0.2, 0.25) is 0 Å². The number of nitrogens with two attached hydrogens (primary N) is 1. The van der Waals surface area contributed by atoms with Gasteiger partial charge in [-0.05, 0) is 57.0 Å². The van der Waals surface area contributed by atoms with E-state index in [0.717, 1.165) is 0 Å². The SMILES string of the molecule is CCOc1ccc(OCC)c(C2C(C#N)=C(N)N(c3ccc(OC)cc3[N+](=O)[O-])C3=C2C(=O)CCC3)c1. The smallest absolute Gasteiger partial charge is 0.296 e. The molecule has 37 heavy (non-hydrogen) atoms. The van der Waals surface area contributed by atoms with E-state index in [4.69, 9.17) is 19.9 Å². The molecule has 0 spiro atoms. The summed E-state index contributed by atoms with van der Waals surface area (Å²) in [6.07, 6.45) is 1.30. The maximum Gasteiger partial charge on any atom is 0.296 e. The number of benzene rings is 2. The van der Waals surface area contributed by atoms with Crippen LogP contribution in [0.4, 0.5) is 11.4 Å². The number of anilines is 1. The Bertz CT molecular complexity index is 1360. The Morgan fingerprint density at radius 2 is 1.86 bits per heavy atom. The molecule has 1 heterocycles. The maximum atomic E-state index is 13.5. The van der Waals surface area contributed by atoms with Gasteiger partial charge in [-0.25, -0.2) is 0 Å². The van der Waals surface area contributed by atoms with Gasteiger partial charge in [0.25, 0.3) is 5.69 Å². The summed E-state index contributed by atoms with van der Waals surface area (Å²) in [5, 5.41) is 22.3. The monoisotopic (exact) mass is 504 g/mol. The minimum atomic E-state index is -0.802. The van der Waals surface area contributed by atoms with Crippen molar-refractivity contribution in [1.82, 2.24) is 0 Å². The number of hydrogen-bond donors (Lipinski definition) is 1. The Hall–Kier alpha value is -4.52. The zero-order valence-electron chi connectivity index (χ0n) is 20.9. The van der Waals surface area contributed by atoms with E-state index >= 15 is 0 Å². The molecule has 10 nitrogen and oxygen atoms in total. The first-order valence-electron chi connectivity index (χ1n) is 12.0. The number of methoxy groups -OCH3 is 1. The first-order valence-corrected chi connectivity index (χ1v) is 12.0. The van der Waals surface area contributed by atoms with Crippen LogP contribution < -0.4 is 24.8 Å². The summed E-state index contributed by atoms with van der Waals surface area (Å²) in [5.41, 5.74) is 8.13. The minimum Gasteiger partial charge on any atom is -0.496 e. The van der Waals surface area contributed by atoms with Crippen LogP contribution >= 0.6 is 0 Å². The lowest BCUT2D eigenvalue weighted by molar-refractivity contribution is -0.384. The van der Waals surface area contributed by atoms with Gasteiger partial charge in [0, 0.05) is 23.3 Å². The highest BCUT2D eigenvalue weighted by Gasteiger charge is 2.43. The van der Waals surface area contributed by atoms with E-state index in [9.17, 15) is 20.2 Å². The van der Waals surface area contributed by atoms with Crippen LogP contribution in [-0.4, -0.2) is 31.0 Å². The number of nitro benzene ring substituents is 1. The van der Waals surface area contributed by atoms with Gasteiger partial charge >= 0.3 is 0 Å². The number of allylic oxidation sites excluding steroid dienone is 3. The second-order valence-electron chi connectivity index (χ2n) is 8.49. The number of nitriles is 1. The third-order valence-electron chi connectivity index (χ3n) is 6.44. The standard InChI is InChI=1S/C27H28N4O6/c1-4-36-17-10-12-24(37-5-2)18(13-17)25-19(15-28)27(29)30(21-7-6-8-23(32)26(21)25)20-11-9-16(35-3)14-22(20)31(33)34/h9-14,25H,4-8,29H2,1-3H3. The molecular formula is C27H28N4O6. The second-order valence-corrected chi connectivity index (χ2v) is 8.49. The Morgan fingerprint density at radius 3 is 2.51 bits per heavy atom. The molecule has 2 N–H and O–H groups in total. The van der Waals surface area contributed by atoms with Crippen molar-refractivity contribution < 1.29 is 23.9 Å². The van der Waals surface area contributed by atoms with E-state index in [1.54, 1.807) is 24.3 Å². The average molecular weight is 505 g/mol. The van der Waals surface area contributed by atoms with Gasteiger partial charge in [0.15, 0.2) is 5.78 Å². The van der Waals surface area contributed by atoms with E-state index in [1.807, 2.05) is 13.8 Å². The molecule has 192 valence electrons. The molecule has 0 fully saturated rings. The fourth-order valence-electron chi connectivity index (χ4n) is 4.93. The van der Waals surface area contributed by atoms with Gasteiger partial charge in [0.1, 0.15) is 28.8 Å². The number of carbonyl (C=O) groups excluding carboxylic acids is 1. The van der Waals surface area contributed by atoms with Crippen LogP contribution in [0.1, 0.15) is 44.6 Å². The molecule has 0 aromatic heterocycles. The van der Waals surface area contributed by atoms with Crippen molar-refractivity contribution in [2.45, 2.75) is 39.0 Å². The molecular weight excluding hydrogens is 476 g/mol. The largest absolute Gasteiger partial charge is 0.496 e. The van der Waals surface area contributed by atoms with Gasteiger partial charge in [-0.2, -0.15) is 5.26 Å². The molecule has 2 aromatic carbocycles. The Morgan fingerprint density at radius 1 is 1.14 bits per heavy atom. The summed E-state index contributed by atoms with van der Waals surface area (Å²) in [7, 11) is 1.42. The average Bonchev–Trinajstić information content (AvgIpc) is 2.89. The third-order valence-corrected chi connectivity index (χ3v) is 6.44. The van der Waals surface area contributed by atoms with Gasteiger partial charge in [0.2, 0.25) is 0 Å². The fourth-order valence-corrected chi connectivity index (χ4v) is 4.93. The molecule has 0 radical (unpaired) electrons. The molecule has 0 bridgehead atoms. The number of nitrogens with zero attached hydrogens (tertiary/aromatic N) is 3. The first kappa shape index (κ1) is 25.6. The van der Waals surface area contributed by atoms with Crippen molar-refractivity contribution in [3.63, 3.8) is 0 Å². The summed E-state index contributed by atoms with van der Waals surface area (Å²) in [5.74, 6) is 0.455. The molecule has 1 unspecified atom stereocenters. The van der Waals surface area contributed by atoms with Crippen molar-refractivity contribution in [1.29, 1.82) is 5.26 Å². The van der Waals surface area contributed by atoms with Gasteiger partial charge < -0.3 is 19.9 Å². The van der Waals surface area contributed by atoms with Crippen molar-refractivity contribution in [3.05, 3.63) is 74.7 Å². The highest BCUT2D eigenvalue weighted by atomic mass is 16.6. The van der Waals surface area contributed by atoms with E-state index in [0.29, 0.717) is 66.6 Å². The summed E-state index contributed by atoms with van der Waals surface area (Å²) in [6.45, 7) is 4.51. The van der Waals surface area contributed by atoms with E-state index in [2.05, 4.69) is 6.07 Å². The number of ketones is 1. The molecule has 1 atom stereocenters. The molecule has 1 aliphatic heterocycles. The quantitative estimate of drug-likeness (QED) is 0.400. The van der Waals surface area contributed by atoms with Crippen LogP contribution in [0.5, 0.6) is 17.2 Å². The minimum absolute atomic E-state index is 0.0264. The molecule has 2 aromatic rings.